The number of benzene rings is 1. The van der Waals surface area contributed by atoms with E-state index in [0.29, 0.717) is 23.0 Å². The van der Waals surface area contributed by atoms with Crippen LogP contribution in [0.2, 0.25) is 0 Å². The number of aromatic carboxylic acids is 1. The van der Waals surface area contributed by atoms with Crippen molar-refractivity contribution in [1.82, 2.24) is 10.3 Å². The molecule has 0 aliphatic rings. The van der Waals surface area contributed by atoms with Crippen molar-refractivity contribution in [2.75, 3.05) is 0 Å². The highest BCUT2D eigenvalue weighted by molar-refractivity contribution is 7.13. The number of carboxylic acids is 1. The average Bonchev–Trinajstić information content (AvgIpc) is 2.91. The molecular weight excluding hydrogens is 336 g/mol. The largest absolute Gasteiger partial charge is 0.477 e. The van der Waals surface area contributed by atoms with E-state index >= 15 is 0 Å². The highest BCUT2D eigenvalue weighted by atomic mass is 32.1. The number of thiazole rings is 1. The first-order valence-electron chi connectivity index (χ1n) is 8.34. The minimum absolute atomic E-state index is 0.103. The first-order chi connectivity index (χ1) is 11.8. The van der Waals surface area contributed by atoms with E-state index in [1.165, 1.54) is 5.56 Å². The van der Waals surface area contributed by atoms with Crippen molar-refractivity contribution in [3.8, 4) is 0 Å². The quantitative estimate of drug-likeness (QED) is 0.788. The summed E-state index contributed by atoms with van der Waals surface area (Å²) >= 11 is 1.11. The molecule has 5 nitrogen and oxygen atoms in total. The van der Waals surface area contributed by atoms with Gasteiger partial charge in [-0.15, -0.1) is 11.3 Å². The van der Waals surface area contributed by atoms with E-state index in [1.54, 1.807) is 6.92 Å². The van der Waals surface area contributed by atoms with Gasteiger partial charge in [-0.25, -0.2) is 9.78 Å². The Bertz CT molecular complexity index is 751. The number of nitrogens with one attached hydrogen (secondary N) is 1. The third-order valence-corrected chi connectivity index (χ3v) is 5.12. The number of carbonyl (C=O) groups is 2. The van der Waals surface area contributed by atoms with Gasteiger partial charge in [-0.3, -0.25) is 4.79 Å². The van der Waals surface area contributed by atoms with Crippen LogP contribution in [0.15, 0.2) is 24.3 Å². The predicted molar refractivity (Wildman–Crippen MR) is 99.1 cm³/mol. The molecule has 2 aromatic rings. The second kappa shape index (κ2) is 8.25. The van der Waals surface area contributed by atoms with Crippen LogP contribution >= 0.6 is 11.3 Å². The van der Waals surface area contributed by atoms with E-state index in [2.05, 4.69) is 36.3 Å². The van der Waals surface area contributed by atoms with Crippen molar-refractivity contribution in [3.05, 3.63) is 51.0 Å². The van der Waals surface area contributed by atoms with Gasteiger partial charge in [-0.05, 0) is 37.3 Å². The third kappa shape index (κ3) is 5.39. The Kier molecular flexibility index (Phi) is 6.31. The monoisotopic (exact) mass is 360 g/mol. The number of nitrogens with zero attached hydrogens (tertiary/aromatic N) is 1. The molecule has 0 radical (unpaired) electrons. The minimum atomic E-state index is -0.985. The van der Waals surface area contributed by atoms with Crippen molar-refractivity contribution >= 4 is 23.2 Å². The summed E-state index contributed by atoms with van der Waals surface area (Å²) in [5, 5.41) is 12.6. The number of rotatable bonds is 7. The number of hydrogen-bond donors (Lipinski definition) is 2. The van der Waals surface area contributed by atoms with Crippen molar-refractivity contribution < 1.29 is 14.7 Å². The second-order valence-corrected chi connectivity index (χ2v) is 7.68. The van der Waals surface area contributed by atoms with Crippen LogP contribution in [0.1, 0.15) is 58.3 Å². The van der Waals surface area contributed by atoms with E-state index < -0.39 is 5.97 Å². The summed E-state index contributed by atoms with van der Waals surface area (Å²) < 4.78 is 0. The van der Waals surface area contributed by atoms with Crippen LogP contribution in [-0.4, -0.2) is 22.0 Å². The van der Waals surface area contributed by atoms with E-state index in [-0.39, 0.29) is 16.8 Å². The molecule has 2 N–H and O–H groups in total. The molecule has 1 aromatic heterocycles. The van der Waals surface area contributed by atoms with Gasteiger partial charge in [0.2, 0.25) is 5.91 Å². The maximum atomic E-state index is 12.2. The SMILES string of the molecule is Cc1nc(C(C)NC(=O)Cc2ccc(CC(C)C)cc2)sc1C(=O)O. The van der Waals surface area contributed by atoms with E-state index in [9.17, 15) is 9.59 Å². The van der Waals surface area contributed by atoms with Gasteiger partial charge in [-0.1, -0.05) is 38.1 Å². The van der Waals surface area contributed by atoms with Crippen LogP contribution in [0, 0.1) is 12.8 Å². The maximum absolute atomic E-state index is 12.2. The predicted octanol–water partition coefficient (Wildman–Crippen LogP) is 3.77. The number of carboxylic acid groups (broad SMARTS) is 1. The second-order valence-electron chi connectivity index (χ2n) is 6.65. The van der Waals surface area contributed by atoms with Gasteiger partial charge in [0.1, 0.15) is 9.88 Å². The Labute approximate surface area is 152 Å². The summed E-state index contributed by atoms with van der Waals surface area (Å²) in [5.41, 5.74) is 2.71. The van der Waals surface area contributed by atoms with Crippen molar-refractivity contribution in [2.24, 2.45) is 5.92 Å². The fourth-order valence-corrected chi connectivity index (χ4v) is 3.51. The lowest BCUT2D eigenvalue weighted by atomic mass is 10.0. The van der Waals surface area contributed by atoms with Gasteiger partial charge in [-0.2, -0.15) is 0 Å². The van der Waals surface area contributed by atoms with Gasteiger partial charge in [0.25, 0.3) is 0 Å². The fourth-order valence-electron chi connectivity index (χ4n) is 2.61. The average molecular weight is 360 g/mol. The summed E-state index contributed by atoms with van der Waals surface area (Å²) in [6.07, 6.45) is 1.32. The number of carbonyl (C=O) groups excluding carboxylic acids is 1. The molecule has 0 saturated carbocycles. The number of amides is 1. The molecule has 0 fully saturated rings. The standard InChI is InChI=1S/C19H24N2O3S/c1-11(2)9-14-5-7-15(8-6-14)10-16(22)20-13(4)18-21-12(3)17(25-18)19(23)24/h5-8,11,13H,9-10H2,1-4H3,(H,20,22)(H,23,24). The summed E-state index contributed by atoms with van der Waals surface area (Å²) in [4.78, 5) is 27.8. The molecule has 1 heterocycles. The van der Waals surface area contributed by atoms with Crippen LogP contribution in [0.3, 0.4) is 0 Å². The number of hydrogen-bond acceptors (Lipinski definition) is 4. The molecule has 0 saturated heterocycles. The Morgan fingerprint density at radius 1 is 1.16 bits per heavy atom. The molecule has 0 spiro atoms. The number of aromatic nitrogens is 1. The first kappa shape index (κ1) is 19.1. The lowest BCUT2D eigenvalue weighted by Gasteiger charge is -2.11. The molecule has 134 valence electrons. The molecule has 0 aliphatic heterocycles. The molecule has 25 heavy (non-hydrogen) atoms. The molecule has 2 rings (SSSR count). The molecule has 0 aliphatic carbocycles. The van der Waals surface area contributed by atoms with Crippen LogP contribution in [-0.2, 0) is 17.6 Å². The summed E-state index contributed by atoms with van der Waals surface area (Å²) in [7, 11) is 0. The molecule has 1 aromatic carbocycles. The number of aryl methyl sites for hydroxylation is 1. The molecule has 1 atom stereocenters. The van der Waals surface area contributed by atoms with E-state index in [0.717, 1.165) is 23.3 Å². The highest BCUT2D eigenvalue weighted by Gasteiger charge is 2.19. The molecular formula is C19H24N2O3S. The lowest BCUT2D eigenvalue weighted by molar-refractivity contribution is -0.121. The molecule has 6 heteroatoms. The van der Waals surface area contributed by atoms with Gasteiger partial charge in [0.15, 0.2) is 0 Å². The molecule has 0 bridgehead atoms. The van der Waals surface area contributed by atoms with Crippen molar-refractivity contribution in [1.29, 1.82) is 0 Å². The van der Waals surface area contributed by atoms with Gasteiger partial charge >= 0.3 is 5.97 Å². The Balaban J connectivity index is 1.95. The normalized spacial score (nSPS) is 12.2. The van der Waals surface area contributed by atoms with Crippen molar-refractivity contribution in [2.45, 2.75) is 46.6 Å². The van der Waals surface area contributed by atoms with E-state index in [4.69, 9.17) is 5.11 Å². The Morgan fingerprint density at radius 2 is 1.76 bits per heavy atom. The Hall–Kier alpha value is -2.21. The summed E-state index contributed by atoms with van der Waals surface area (Å²) in [5.74, 6) is -0.484. The van der Waals surface area contributed by atoms with Crippen LogP contribution in [0.4, 0.5) is 0 Å². The minimum Gasteiger partial charge on any atom is -0.477 e. The third-order valence-electron chi connectivity index (χ3n) is 3.79. The zero-order valence-corrected chi connectivity index (χ0v) is 15.8. The van der Waals surface area contributed by atoms with Gasteiger partial charge in [0, 0.05) is 0 Å². The van der Waals surface area contributed by atoms with Crippen LogP contribution < -0.4 is 5.32 Å². The van der Waals surface area contributed by atoms with Gasteiger partial charge < -0.3 is 10.4 Å². The lowest BCUT2D eigenvalue weighted by Crippen LogP contribution is -2.28. The van der Waals surface area contributed by atoms with E-state index in [1.807, 2.05) is 19.1 Å². The smallest absolute Gasteiger partial charge is 0.347 e. The van der Waals surface area contributed by atoms with Crippen LogP contribution in [0.25, 0.3) is 0 Å². The van der Waals surface area contributed by atoms with Crippen molar-refractivity contribution in [3.63, 3.8) is 0 Å². The molecule has 1 unspecified atom stereocenters. The van der Waals surface area contributed by atoms with Gasteiger partial charge in [0.05, 0.1) is 18.2 Å². The summed E-state index contributed by atoms with van der Waals surface area (Å²) in [6, 6.07) is 7.78. The maximum Gasteiger partial charge on any atom is 0.347 e. The zero-order valence-electron chi connectivity index (χ0n) is 15.0. The molecule has 1 amide bonds. The summed E-state index contributed by atoms with van der Waals surface area (Å²) in [6.45, 7) is 7.84. The fraction of sp³-hybridized carbons (Fsp3) is 0.421. The Morgan fingerprint density at radius 3 is 2.28 bits per heavy atom. The van der Waals surface area contributed by atoms with Crippen LogP contribution in [0.5, 0.6) is 0 Å². The highest BCUT2D eigenvalue weighted by Crippen LogP contribution is 2.23. The zero-order chi connectivity index (χ0) is 18.6. The topological polar surface area (TPSA) is 79.3 Å². The first-order valence-corrected chi connectivity index (χ1v) is 9.15.